The van der Waals surface area contributed by atoms with Crippen molar-refractivity contribution in [3.63, 3.8) is 0 Å². The normalized spacial score (nSPS) is 11.5. The Hall–Kier alpha value is -2.60. The minimum atomic E-state index is -3.68. The van der Waals surface area contributed by atoms with Gasteiger partial charge in [-0.1, -0.05) is 48.0 Å². The first-order valence-corrected chi connectivity index (χ1v) is 9.51. The summed E-state index contributed by atoms with van der Waals surface area (Å²) in [7, 11) is -3.68. The third kappa shape index (κ3) is 3.91. The third-order valence-corrected chi connectivity index (χ3v) is 5.47. The molecule has 1 N–H and O–H groups in total. The predicted molar refractivity (Wildman–Crippen MR) is 99.2 cm³/mol. The van der Waals surface area contributed by atoms with Crippen LogP contribution < -0.4 is 4.72 Å². The number of aryl methyl sites for hydroxylation is 3. The quantitative estimate of drug-likeness (QED) is 0.760. The molecule has 0 saturated heterocycles. The zero-order chi connectivity index (χ0) is 18.0. The molecular formula is C19H21N3O2S. The van der Waals surface area contributed by atoms with Crippen LogP contribution in [0.2, 0.25) is 0 Å². The highest BCUT2D eigenvalue weighted by Crippen LogP contribution is 2.22. The van der Waals surface area contributed by atoms with Gasteiger partial charge in [-0.15, -0.1) is 0 Å². The van der Waals surface area contributed by atoms with Crippen LogP contribution in [0.15, 0.2) is 59.6 Å². The third-order valence-electron chi connectivity index (χ3n) is 4.00. The molecule has 0 spiro atoms. The van der Waals surface area contributed by atoms with Crippen molar-refractivity contribution in [3.05, 3.63) is 77.1 Å². The molecule has 0 bridgehead atoms. The summed E-state index contributed by atoms with van der Waals surface area (Å²) in [6.45, 7) is 6.10. The molecular weight excluding hydrogens is 334 g/mol. The lowest BCUT2D eigenvalue weighted by molar-refractivity contribution is 0.600. The largest absolute Gasteiger partial charge is 0.279 e. The zero-order valence-corrected chi connectivity index (χ0v) is 15.3. The highest BCUT2D eigenvalue weighted by atomic mass is 32.2. The summed E-state index contributed by atoms with van der Waals surface area (Å²) in [5.41, 5.74) is 4.11. The lowest BCUT2D eigenvalue weighted by atomic mass is 10.1. The average molecular weight is 355 g/mol. The monoisotopic (exact) mass is 355 g/mol. The molecule has 0 radical (unpaired) electrons. The maximum atomic E-state index is 12.8. The summed E-state index contributed by atoms with van der Waals surface area (Å²) < 4.78 is 29.8. The van der Waals surface area contributed by atoms with Crippen LogP contribution in [0, 0.1) is 20.8 Å². The molecule has 0 saturated carbocycles. The zero-order valence-electron chi connectivity index (χ0n) is 14.5. The molecule has 3 aromatic rings. The van der Waals surface area contributed by atoms with E-state index in [0.29, 0.717) is 17.9 Å². The number of aromatic nitrogens is 2. The standard InChI is InChI=1S/C19H21N3O2S/c1-14-9-10-18(15(2)11-14)21-25(23,24)19-13-22(20-16(19)3)12-17-7-5-4-6-8-17/h4-11,13,21H,12H2,1-3H3. The number of benzene rings is 2. The predicted octanol–water partition coefficient (Wildman–Crippen LogP) is 3.66. The van der Waals surface area contributed by atoms with E-state index in [4.69, 9.17) is 0 Å². The second kappa shape index (κ2) is 6.72. The van der Waals surface area contributed by atoms with Gasteiger partial charge in [-0.25, -0.2) is 8.42 Å². The van der Waals surface area contributed by atoms with Crippen LogP contribution in [0.4, 0.5) is 5.69 Å². The Kier molecular flexibility index (Phi) is 4.63. The number of sulfonamides is 1. The van der Waals surface area contributed by atoms with Crippen LogP contribution in [0.1, 0.15) is 22.4 Å². The molecule has 0 atom stereocenters. The molecule has 3 rings (SSSR count). The lowest BCUT2D eigenvalue weighted by Gasteiger charge is -2.10. The minimum Gasteiger partial charge on any atom is -0.279 e. The Morgan fingerprint density at radius 2 is 1.76 bits per heavy atom. The number of hydrogen-bond donors (Lipinski definition) is 1. The van der Waals surface area contributed by atoms with Crippen molar-refractivity contribution < 1.29 is 8.42 Å². The van der Waals surface area contributed by atoms with E-state index < -0.39 is 10.0 Å². The molecule has 0 fully saturated rings. The van der Waals surface area contributed by atoms with Gasteiger partial charge < -0.3 is 0 Å². The van der Waals surface area contributed by atoms with Crippen molar-refractivity contribution in [1.29, 1.82) is 0 Å². The van der Waals surface area contributed by atoms with E-state index in [1.54, 1.807) is 23.9 Å². The Labute approximate surface area is 148 Å². The molecule has 1 aromatic heterocycles. The number of nitrogens with one attached hydrogen (secondary N) is 1. The van der Waals surface area contributed by atoms with Crippen molar-refractivity contribution in [1.82, 2.24) is 9.78 Å². The maximum absolute atomic E-state index is 12.8. The van der Waals surface area contributed by atoms with Gasteiger partial charge in [0.2, 0.25) is 0 Å². The van der Waals surface area contributed by atoms with E-state index in [-0.39, 0.29) is 4.90 Å². The average Bonchev–Trinajstić information content (AvgIpc) is 2.92. The molecule has 25 heavy (non-hydrogen) atoms. The first-order valence-electron chi connectivity index (χ1n) is 8.03. The van der Waals surface area contributed by atoms with Crippen LogP contribution in [0.25, 0.3) is 0 Å². The summed E-state index contributed by atoms with van der Waals surface area (Å²) in [6, 6.07) is 15.4. The lowest BCUT2D eigenvalue weighted by Crippen LogP contribution is -2.14. The maximum Gasteiger partial charge on any atom is 0.265 e. The van der Waals surface area contributed by atoms with Crippen LogP contribution in [0.3, 0.4) is 0 Å². The summed E-state index contributed by atoms with van der Waals surface area (Å²) in [5, 5.41) is 4.35. The van der Waals surface area contributed by atoms with E-state index in [0.717, 1.165) is 16.7 Å². The van der Waals surface area contributed by atoms with Crippen LogP contribution in [-0.4, -0.2) is 18.2 Å². The van der Waals surface area contributed by atoms with Gasteiger partial charge in [0.1, 0.15) is 4.90 Å². The number of rotatable bonds is 5. The SMILES string of the molecule is Cc1ccc(NS(=O)(=O)c2cn(Cc3ccccc3)nc2C)c(C)c1. The van der Waals surface area contributed by atoms with Gasteiger partial charge in [-0.05, 0) is 38.0 Å². The topological polar surface area (TPSA) is 64.0 Å². The van der Waals surface area contributed by atoms with Gasteiger partial charge in [0.25, 0.3) is 10.0 Å². The van der Waals surface area contributed by atoms with Gasteiger partial charge in [0.15, 0.2) is 0 Å². The van der Waals surface area contributed by atoms with E-state index in [2.05, 4.69) is 9.82 Å². The summed E-state index contributed by atoms with van der Waals surface area (Å²) >= 11 is 0. The van der Waals surface area contributed by atoms with E-state index >= 15 is 0 Å². The fourth-order valence-electron chi connectivity index (χ4n) is 2.74. The summed E-state index contributed by atoms with van der Waals surface area (Å²) in [4.78, 5) is 0.198. The van der Waals surface area contributed by atoms with Crippen LogP contribution in [-0.2, 0) is 16.6 Å². The van der Waals surface area contributed by atoms with Crippen molar-refractivity contribution in [3.8, 4) is 0 Å². The van der Waals surface area contributed by atoms with Crippen molar-refractivity contribution in [2.75, 3.05) is 4.72 Å². The van der Waals surface area contributed by atoms with Gasteiger partial charge in [0, 0.05) is 6.20 Å². The molecule has 2 aromatic carbocycles. The smallest absolute Gasteiger partial charge is 0.265 e. The molecule has 1 heterocycles. The molecule has 0 aliphatic carbocycles. The first-order chi connectivity index (χ1) is 11.8. The van der Waals surface area contributed by atoms with Gasteiger partial charge in [-0.2, -0.15) is 5.10 Å². The summed E-state index contributed by atoms with van der Waals surface area (Å²) in [6.07, 6.45) is 1.58. The van der Waals surface area contributed by atoms with Crippen molar-refractivity contribution in [2.45, 2.75) is 32.2 Å². The van der Waals surface area contributed by atoms with Gasteiger partial charge >= 0.3 is 0 Å². The van der Waals surface area contributed by atoms with E-state index in [1.807, 2.05) is 56.3 Å². The number of anilines is 1. The molecule has 5 nitrogen and oxygen atoms in total. The molecule has 0 amide bonds. The fraction of sp³-hybridized carbons (Fsp3) is 0.211. The molecule has 130 valence electrons. The van der Waals surface area contributed by atoms with E-state index in [1.165, 1.54) is 0 Å². The Balaban J connectivity index is 1.87. The first kappa shape index (κ1) is 17.2. The van der Waals surface area contributed by atoms with Gasteiger partial charge in [0.05, 0.1) is 17.9 Å². The van der Waals surface area contributed by atoms with Crippen molar-refractivity contribution >= 4 is 15.7 Å². The van der Waals surface area contributed by atoms with Crippen LogP contribution >= 0.6 is 0 Å². The molecule has 6 heteroatoms. The van der Waals surface area contributed by atoms with E-state index in [9.17, 15) is 8.42 Å². The second-order valence-corrected chi connectivity index (χ2v) is 7.84. The van der Waals surface area contributed by atoms with Crippen LogP contribution in [0.5, 0.6) is 0 Å². The highest BCUT2D eigenvalue weighted by Gasteiger charge is 2.21. The Morgan fingerprint density at radius 1 is 1.04 bits per heavy atom. The fourth-order valence-corrected chi connectivity index (χ4v) is 4.06. The summed E-state index contributed by atoms with van der Waals surface area (Å²) in [5.74, 6) is 0. The number of nitrogens with zero attached hydrogens (tertiary/aromatic N) is 2. The minimum absolute atomic E-state index is 0.198. The molecule has 0 unspecified atom stereocenters. The highest BCUT2D eigenvalue weighted by molar-refractivity contribution is 7.92. The Morgan fingerprint density at radius 3 is 2.44 bits per heavy atom. The Bertz CT molecular complexity index is 993. The second-order valence-electron chi connectivity index (χ2n) is 6.19. The van der Waals surface area contributed by atoms with Crippen molar-refractivity contribution in [2.24, 2.45) is 0 Å². The van der Waals surface area contributed by atoms with Gasteiger partial charge in [-0.3, -0.25) is 9.40 Å². The molecule has 0 aliphatic rings. The molecule has 0 aliphatic heterocycles. The number of hydrogen-bond acceptors (Lipinski definition) is 3.